The Morgan fingerprint density at radius 1 is 1.32 bits per heavy atom. The molecule has 0 atom stereocenters. The third-order valence-corrected chi connectivity index (χ3v) is 3.53. The summed E-state index contributed by atoms with van der Waals surface area (Å²) in [7, 11) is 0. The Hall–Kier alpha value is -1.39. The first-order valence-corrected chi connectivity index (χ1v) is 6.89. The molecule has 4 nitrogen and oxygen atoms in total. The minimum atomic E-state index is 0.704. The van der Waals surface area contributed by atoms with Crippen molar-refractivity contribution in [2.24, 2.45) is 0 Å². The van der Waals surface area contributed by atoms with E-state index in [9.17, 15) is 0 Å². The van der Waals surface area contributed by atoms with Crippen molar-refractivity contribution in [3.8, 4) is 5.82 Å². The normalized spacial score (nSPS) is 10.9. The third kappa shape index (κ3) is 3.14. The lowest BCUT2D eigenvalue weighted by Gasteiger charge is -2.06. The molecule has 5 heteroatoms. The highest BCUT2D eigenvalue weighted by Crippen LogP contribution is 2.21. The van der Waals surface area contributed by atoms with Gasteiger partial charge in [-0.05, 0) is 38.4 Å². The zero-order valence-corrected chi connectivity index (χ0v) is 12.3. The van der Waals surface area contributed by atoms with Crippen LogP contribution in [0.25, 0.3) is 5.82 Å². The minimum Gasteiger partial charge on any atom is -0.313 e. The van der Waals surface area contributed by atoms with E-state index in [0.717, 1.165) is 36.7 Å². The summed E-state index contributed by atoms with van der Waals surface area (Å²) in [6.07, 6.45) is 3.01. The van der Waals surface area contributed by atoms with Crippen LogP contribution in [0.3, 0.4) is 0 Å². The van der Waals surface area contributed by atoms with Crippen molar-refractivity contribution in [1.29, 1.82) is 0 Å². The summed E-state index contributed by atoms with van der Waals surface area (Å²) in [6, 6.07) is 4.04. The number of halogens is 1. The first kappa shape index (κ1) is 14.0. The lowest BCUT2D eigenvalue weighted by Crippen LogP contribution is -2.14. The van der Waals surface area contributed by atoms with Gasteiger partial charge in [-0.2, -0.15) is 5.10 Å². The Labute approximate surface area is 118 Å². The summed E-state index contributed by atoms with van der Waals surface area (Å²) in [6.45, 7) is 7.87. The first-order valence-electron chi connectivity index (χ1n) is 6.51. The van der Waals surface area contributed by atoms with Crippen LogP contribution in [0.15, 0.2) is 18.3 Å². The van der Waals surface area contributed by atoms with E-state index in [1.807, 2.05) is 26.1 Å². The summed E-state index contributed by atoms with van der Waals surface area (Å²) in [5, 5.41) is 8.45. The van der Waals surface area contributed by atoms with Gasteiger partial charge in [0.25, 0.3) is 0 Å². The number of hydrogen-bond donors (Lipinski definition) is 1. The summed E-state index contributed by atoms with van der Waals surface area (Å²) in [5.41, 5.74) is 2.92. The fourth-order valence-electron chi connectivity index (χ4n) is 1.90. The van der Waals surface area contributed by atoms with Crippen molar-refractivity contribution in [3.63, 3.8) is 0 Å². The second-order valence-electron chi connectivity index (χ2n) is 4.60. The maximum absolute atomic E-state index is 6.14. The number of pyridine rings is 1. The minimum absolute atomic E-state index is 0.704. The summed E-state index contributed by atoms with van der Waals surface area (Å²) in [5.74, 6) is 0.798. The molecular weight excluding hydrogens is 260 g/mol. The highest BCUT2D eigenvalue weighted by molar-refractivity contribution is 6.31. The van der Waals surface area contributed by atoms with E-state index in [1.54, 1.807) is 4.68 Å². The number of nitrogens with one attached hydrogen (secondary N) is 1. The van der Waals surface area contributed by atoms with Crippen molar-refractivity contribution in [2.75, 3.05) is 6.54 Å². The molecule has 2 rings (SSSR count). The highest BCUT2D eigenvalue weighted by atomic mass is 35.5. The van der Waals surface area contributed by atoms with Crippen LogP contribution >= 0.6 is 11.6 Å². The van der Waals surface area contributed by atoms with E-state index < -0.39 is 0 Å². The molecule has 2 aromatic rings. The fraction of sp³-hybridized carbons (Fsp3) is 0.429. The van der Waals surface area contributed by atoms with Crippen molar-refractivity contribution in [1.82, 2.24) is 20.1 Å². The molecule has 2 aromatic heterocycles. The summed E-state index contributed by atoms with van der Waals surface area (Å²) < 4.78 is 1.78. The van der Waals surface area contributed by atoms with Crippen LogP contribution < -0.4 is 5.32 Å². The van der Waals surface area contributed by atoms with Gasteiger partial charge >= 0.3 is 0 Å². The molecule has 0 aliphatic heterocycles. The molecule has 0 bridgehead atoms. The third-order valence-electron chi connectivity index (χ3n) is 2.99. The standard InChI is InChI=1S/C14H19ClN4/c1-4-7-16-8-12-5-6-13(17-9-12)19-11(3)14(15)10(2)18-19/h5-6,9,16H,4,7-8H2,1-3H3. The predicted octanol–water partition coefficient (Wildman–Crippen LogP) is 3.04. The maximum Gasteiger partial charge on any atom is 0.153 e. The quantitative estimate of drug-likeness (QED) is 0.855. The Morgan fingerprint density at radius 2 is 2.11 bits per heavy atom. The molecule has 102 valence electrons. The van der Waals surface area contributed by atoms with Crippen LogP contribution in [0, 0.1) is 13.8 Å². The largest absolute Gasteiger partial charge is 0.313 e. The van der Waals surface area contributed by atoms with Crippen LogP contribution in [0.5, 0.6) is 0 Å². The summed E-state index contributed by atoms with van der Waals surface area (Å²) >= 11 is 6.14. The number of aromatic nitrogens is 3. The van der Waals surface area contributed by atoms with Crippen LogP contribution in [-0.4, -0.2) is 21.3 Å². The van der Waals surface area contributed by atoms with Gasteiger partial charge in [0, 0.05) is 12.7 Å². The molecule has 2 heterocycles. The molecule has 0 saturated heterocycles. The number of aryl methyl sites for hydroxylation is 1. The molecule has 0 amide bonds. The van der Waals surface area contributed by atoms with E-state index in [2.05, 4.69) is 28.4 Å². The van der Waals surface area contributed by atoms with E-state index in [-0.39, 0.29) is 0 Å². The van der Waals surface area contributed by atoms with Crippen molar-refractivity contribution in [2.45, 2.75) is 33.7 Å². The van der Waals surface area contributed by atoms with Crippen molar-refractivity contribution in [3.05, 3.63) is 40.3 Å². The van der Waals surface area contributed by atoms with Crippen LogP contribution in [-0.2, 0) is 6.54 Å². The molecule has 0 fully saturated rings. The van der Waals surface area contributed by atoms with Gasteiger partial charge < -0.3 is 5.32 Å². The van der Waals surface area contributed by atoms with Crippen LogP contribution in [0.4, 0.5) is 0 Å². The van der Waals surface area contributed by atoms with Crippen molar-refractivity contribution >= 4 is 11.6 Å². The van der Waals surface area contributed by atoms with E-state index >= 15 is 0 Å². The molecule has 0 aliphatic carbocycles. The van der Waals surface area contributed by atoms with Gasteiger partial charge in [0.05, 0.1) is 16.4 Å². The van der Waals surface area contributed by atoms with Gasteiger partial charge in [-0.15, -0.1) is 0 Å². The van der Waals surface area contributed by atoms with Crippen molar-refractivity contribution < 1.29 is 0 Å². The molecule has 0 saturated carbocycles. The Bertz CT molecular complexity index is 545. The molecule has 0 aromatic carbocycles. The molecular formula is C14H19ClN4. The van der Waals surface area contributed by atoms with Crippen LogP contribution in [0.1, 0.15) is 30.3 Å². The highest BCUT2D eigenvalue weighted by Gasteiger charge is 2.11. The molecule has 0 spiro atoms. The monoisotopic (exact) mass is 278 g/mol. The maximum atomic E-state index is 6.14. The van der Waals surface area contributed by atoms with E-state index in [1.165, 1.54) is 5.56 Å². The second-order valence-corrected chi connectivity index (χ2v) is 4.98. The van der Waals surface area contributed by atoms with Gasteiger partial charge in [-0.1, -0.05) is 24.6 Å². The van der Waals surface area contributed by atoms with Gasteiger partial charge in [-0.3, -0.25) is 0 Å². The molecule has 1 N–H and O–H groups in total. The van der Waals surface area contributed by atoms with Gasteiger partial charge in [0.1, 0.15) is 0 Å². The number of nitrogens with zero attached hydrogens (tertiary/aromatic N) is 3. The Kier molecular flexibility index (Phi) is 4.56. The average Bonchev–Trinajstić information content (AvgIpc) is 2.68. The SMILES string of the molecule is CCCNCc1ccc(-n2nc(C)c(Cl)c2C)nc1. The second kappa shape index (κ2) is 6.17. The number of rotatable bonds is 5. The van der Waals surface area contributed by atoms with Gasteiger partial charge in [0.15, 0.2) is 5.82 Å². The molecule has 0 radical (unpaired) electrons. The molecule has 19 heavy (non-hydrogen) atoms. The van der Waals surface area contributed by atoms with Crippen LogP contribution in [0.2, 0.25) is 5.02 Å². The lowest BCUT2D eigenvalue weighted by molar-refractivity contribution is 0.673. The van der Waals surface area contributed by atoms with E-state index in [0.29, 0.717) is 5.02 Å². The Balaban J connectivity index is 2.15. The smallest absolute Gasteiger partial charge is 0.153 e. The zero-order valence-electron chi connectivity index (χ0n) is 11.6. The fourth-order valence-corrected chi connectivity index (χ4v) is 2.02. The average molecular weight is 279 g/mol. The van der Waals surface area contributed by atoms with Gasteiger partial charge in [0.2, 0.25) is 0 Å². The predicted molar refractivity (Wildman–Crippen MR) is 77.8 cm³/mol. The number of hydrogen-bond acceptors (Lipinski definition) is 3. The van der Waals surface area contributed by atoms with Gasteiger partial charge in [-0.25, -0.2) is 9.67 Å². The molecule has 0 unspecified atom stereocenters. The summed E-state index contributed by atoms with van der Waals surface area (Å²) in [4.78, 5) is 4.44. The lowest BCUT2D eigenvalue weighted by atomic mass is 10.2. The topological polar surface area (TPSA) is 42.7 Å². The van der Waals surface area contributed by atoms with E-state index in [4.69, 9.17) is 11.6 Å². The zero-order chi connectivity index (χ0) is 13.8. The first-order chi connectivity index (χ1) is 9.13. The Morgan fingerprint density at radius 3 is 2.63 bits per heavy atom. The molecule has 0 aliphatic rings.